The molecular formula is C33H55NO2. The van der Waals surface area contributed by atoms with Crippen molar-refractivity contribution in [3.05, 3.63) is 11.6 Å². The van der Waals surface area contributed by atoms with E-state index < -0.39 is 5.60 Å². The van der Waals surface area contributed by atoms with Crippen molar-refractivity contribution in [1.29, 1.82) is 5.26 Å². The molecule has 0 aromatic rings. The molecule has 4 aliphatic carbocycles. The minimum Gasteiger partial charge on any atom is -0.390 e. The molecule has 4 aliphatic rings. The van der Waals surface area contributed by atoms with Crippen LogP contribution in [0.1, 0.15) is 126 Å². The first-order valence-corrected chi connectivity index (χ1v) is 15.1. The zero-order valence-corrected chi connectivity index (χ0v) is 24.8. The normalized spacial score (nSPS) is 44.9. The molecule has 0 spiro atoms. The second-order valence-electron chi connectivity index (χ2n) is 15.1. The van der Waals surface area contributed by atoms with Gasteiger partial charge in [0.05, 0.1) is 30.8 Å². The molecule has 0 amide bonds. The van der Waals surface area contributed by atoms with Crippen LogP contribution in [0.4, 0.5) is 0 Å². The number of ether oxygens (including phenoxy) is 1. The highest BCUT2D eigenvalue weighted by Crippen LogP contribution is 2.75. The maximum atomic E-state index is 11.7. The first-order valence-electron chi connectivity index (χ1n) is 15.1. The van der Waals surface area contributed by atoms with Crippen LogP contribution in [0.3, 0.4) is 0 Å². The highest BCUT2D eigenvalue weighted by atomic mass is 16.5. The molecule has 0 saturated heterocycles. The Balaban J connectivity index is 1.56. The lowest BCUT2D eigenvalue weighted by atomic mass is 9.35. The summed E-state index contributed by atoms with van der Waals surface area (Å²) >= 11 is 0. The van der Waals surface area contributed by atoms with Crippen LogP contribution in [0, 0.1) is 56.7 Å². The van der Waals surface area contributed by atoms with Crippen molar-refractivity contribution in [2.45, 2.75) is 138 Å². The zero-order chi connectivity index (χ0) is 26.6. The Hall–Kier alpha value is -0.850. The van der Waals surface area contributed by atoms with Crippen molar-refractivity contribution < 1.29 is 9.84 Å². The molecule has 0 bridgehead atoms. The van der Waals surface area contributed by atoms with Gasteiger partial charge in [0.2, 0.25) is 0 Å². The molecule has 36 heavy (non-hydrogen) atoms. The van der Waals surface area contributed by atoms with Gasteiger partial charge in [-0.15, -0.1) is 0 Å². The van der Waals surface area contributed by atoms with Crippen LogP contribution >= 0.6 is 0 Å². The van der Waals surface area contributed by atoms with E-state index in [1.807, 2.05) is 0 Å². The summed E-state index contributed by atoms with van der Waals surface area (Å²) in [5.41, 5.74) is 1.95. The van der Waals surface area contributed by atoms with Gasteiger partial charge in [-0.1, -0.05) is 46.3 Å². The average molecular weight is 498 g/mol. The summed E-state index contributed by atoms with van der Waals surface area (Å²) in [5, 5.41) is 20.7. The summed E-state index contributed by atoms with van der Waals surface area (Å²) in [6, 6.07) is 2.25. The fraction of sp³-hybridized carbons (Fsp3) is 0.909. The molecule has 0 aromatic heterocycles. The predicted octanol–water partition coefficient (Wildman–Crippen LogP) is 8.47. The molecule has 9 atom stereocenters. The molecule has 4 fully saturated rings. The van der Waals surface area contributed by atoms with Crippen molar-refractivity contribution in [3.63, 3.8) is 0 Å². The molecule has 0 radical (unpaired) electrons. The first-order chi connectivity index (χ1) is 16.7. The van der Waals surface area contributed by atoms with E-state index in [1.165, 1.54) is 50.5 Å². The lowest BCUT2D eigenvalue weighted by Crippen LogP contribution is -2.64. The van der Waals surface area contributed by atoms with Crippen LogP contribution < -0.4 is 0 Å². The lowest BCUT2D eigenvalue weighted by Gasteiger charge is -2.70. The second-order valence-corrected chi connectivity index (χ2v) is 15.1. The average Bonchev–Trinajstić information content (AvgIpc) is 3.14. The van der Waals surface area contributed by atoms with Crippen molar-refractivity contribution in [2.75, 3.05) is 6.61 Å². The van der Waals surface area contributed by atoms with E-state index in [2.05, 4.69) is 67.5 Å². The smallest absolute Gasteiger partial charge is 0.0653 e. The second kappa shape index (κ2) is 9.72. The number of hydrogen-bond donors (Lipinski definition) is 1. The molecular weight excluding hydrogens is 442 g/mol. The highest BCUT2D eigenvalue weighted by Gasteiger charge is 2.69. The number of nitrogens with zero attached hydrogens (tertiary/aromatic N) is 1. The Bertz CT molecular complexity index is 879. The highest BCUT2D eigenvalue weighted by molar-refractivity contribution is 5.18. The summed E-state index contributed by atoms with van der Waals surface area (Å²) < 4.78 is 6.33. The van der Waals surface area contributed by atoms with Crippen LogP contribution in [0.5, 0.6) is 0 Å². The standard InChI is InChI=1S/C33H55NO2/c1-23(2)11-9-17-33(8,35)25-14-19-31(6)24(25)12-13-27-30(5)18-16-28(36-22-10-21-34)29(3,4)26(30)15-20-32(27,31)7/h11,24-28,35H,9-10,12-20,22H2,1-8H3/t24-,25+,26+,27-,28+,30+,31-,32-,33+/m1/s1. The van der Waals surface area contributed by atoms with E-state index in [0.717, 1.165) is 25.2 Å². The molecule has 4 rings (SSSR count). The molecule has 0 aromatic carbocycles. The van der Waals surface area contributed by atoms with Gasteiger partial charge in [0.1, 0.15) is 0 Å². The third-order valence-corrected chi connectivity index (χ3v) is 12.9. The largest absolute Gasteiger partial charge is 0.390 e. The minimum atomic E-state index is -0.570. The number of fused-ring (bicyclic) bond motifs is 5. The SMILES string of the molecule is CC(C)=CCC[C@](C)(O)[C@H]1CC[C@]2(C)[C@@H]1CC[C@@H]1[C@@]3(C)CC[C@H](OCCC#N)C(C)(C)[C@@H]3CC[C@]12C. The van der Waals surface area contributed by atoms with Gasteiger partial charge in [-0.2, -0.15) is 5.26 Å². The van der Waals surface area contributed by atoms with Crippen LogP contribution in [0.25, 0.3) is 0 Å². The summed E-state index contributed by atoms with van der Waals surface area (Å²) in [6.07, 6.45) is 15.0. The Morgan fingerprint density at radius 3 is 2.33 bits per heavy atom. The van der Waals surface area contributed by atoms with E-state index in [4.69, 9.17) is 10.00 Å². The molecule has 1 N–H and O–H groups in total. The summed E-state index contributed by atoms with van der Waals surface area (Å²) in [4.78, 5) is 0. The quantitative estimate of drug-likeness (QED) is 0.283. The van der Waals surface area contributed by atoms with Gasteiger partial charge in [-0.3, -0.25) is 0 Å². The molecule has 0 heterocycles. The molecule has 4 saturated carbocycles. The molecule has 204 valence electrons. The summed E-state index contributed by atoms with van der Waals surface area (Å²) in [7, 11) is 0. The summed E-state index contributed by atoms with van der Waals surface area (Å²) in [6.45, 7) is 19.9. The van der Waals surface area contributed by atoms with E-state index in [-0.39, 0.29) is 11.5 Å². The van der Waals surface area contributed by atoms with Crippen LogP contribution in [-0.2, 0) is 4.74 Å². The molecule has 0 unspecified atom stereocenters. The fourth-order valence-electron chi connectivity index (χ4n) is 10.8. The van der Waals surface area contributed by atoms with Crippen LogP contribution in [-0.4, -0.2) is 23.4 Å². The van der Waals surface area contributed by atoms with Crippen molar-refractivity contribution in [3.8, 4) is 6.07 Å². The van der Waals surface area contributed by atoms with Gasteiger partial charge < -0.3 is 9.84 Å². The van der Waals surface area contributed by atoms with Gasteiger partial charge in [-0.05, 0) is 130 Å². The van der Waals surface area contributed by atoms with Gasteiger partial charge in [-0.25, -0.2) is 0 Å². The zero-order valence-electron chi connectivity index (χ0n) is 24.8. The Morgan fingerprint density at radius 2 is 1.67 bits per heavy atom. The van der Waals surface area contributed by atoms with Crippen molar-refractivity contribution in [1.82, 2.24) is 0 Å². The molecule has 3 heteroatoms. The van der Waals surface area contributed by atoms with Gasteiger partial charge >= 0.3 is 0 Å². The lowest BCUT2D eigenvalue weighted by molar-refractivity contribution is -0.230. The maximum absolute atomic E-state index is 11.7. The number of rotatable bonds is 7. The van der Waals surface area contributed by atoms with Crippen LogP contribution in [0.15, 0.2) is 11.6 Å². The van der Waals surface area contributed by atoms with Gasteiger partial charge in [0.25, 0.3) is 0 Å². The van der Waals surface area contributed by atoms with E-state index >= 15 is 0 Å². The Morgan fingerprint density at radius 1 is 0.972 bits per heavy atom. The monoisotopic (exact) mass is 497 g/mol. The summed E-state index contributed by atoms with van der Waals surface area (Å²) in [5.74, 6) is 2.49. The molecule has 0 aliphatic heterocycles. The van der Waals surface area contributed by atoms with Crippen molar-refractivity contribution in [2.24, 2.45) is 45.3 Å². The van der Waals surface area contributed by atoms with Gasteiger partial charge in [0, 0.05) is 0 Å². The topological polar surface area (TPSA) is 53.2 Å². The van der Waals surface area contributed by atoms with E-state index in [9.17, 15) is 5.11 Å². The fourth-order valence-corrected chi connectivity index (χ4v) is 10.8. The number of aliphatic hydroxyl groups is 1. The third-order valence-electron chi connectivity index (χ3n) is 12.9. The first kappa shape index (κ1) is 28.2. The Kier molecular flexibility index (Phi) is 7.60. The van der Waals surface area contributed by atoms with Crippen LogP contribution in [0.2, 0.25) is 0 Å². The number of allylic oxidation sites excluding steroid dienone is 2. The van der Waals surface area contributed by atoms with Crippen molar-refractivity contribution >= 4 is 0 Å². The number of hydrogen-bond acceptors (Lipinski definition) is 3. The Labute approximate surface area is 222 Å². The third kappa shape index (κ3) is 4.31. The maximum Gasteiger partial charge on any atom is 0.0653 e. The molecule has 3 nitrogen and oxygen atoms in total. The predicted molar refractivity (Wildman–Crippen MR) is 148 cm³/mol. The van der Waals surface area contributed by atoms with Gasteiger partial charge in [0.15, 0.2) is 0 Å². The van der Waals surface area contributed by atoms with E-state index in [1.54, 1.807) is 0 Å². The van der Waals surface area contributed by atoms with E-state index in [0.29, 0.717) is 47.0 Å². The number of nitriles is 1. The minimum absolute atomic E-state index is 0.147.